The van der Waals surface area contributed by atoms with E-state index >= 15 is 0 Å². The van der Waals surface area contributed by atoms with Crippen LogP contribution in [0.4, 0.5) is 5.82 Å². The first kappa shape index (κ1) is 18.6. The van der Waals surface area contributed by atoms with Crippen molar-refractivity contribution in [1.82, 2.24) is 9.88 Å². The molecule has 0 N–H and O–H groups in total. The van der Waals surface area contributed by atoms with Gasteiger partial charge in [-0.15, -0.1) is 0 Å². The Labute approximate surface area is 166 Å². The summed E-state index contributed by atoms with van der Waals surface area (Å²) >= 11 is 0. The van der Waals surface area contributed by atoms with Gasteiger partial charge < -0.3 is 19.3 Å². The molecule has 2 heterocycles. The van der Waals surface area contributed by atoms with E-state index in [1.807, 2.05) is 18.2 Å². The molecular formula is C23H27N3O2. The average molecular weight is 377 g/mol. The Balaban J connectivity index is 1.81. The van der Waals surface area contributed by atoms with Crippen molar-refractivity contribution in [3.8, 4) is 22.8 Å². The van der Waals surface area contributed by atoms with Gasteiger partial charge >= 0.3 is 0 Å². The molecule has 0 atom stereocenters. The van der Waals surface area contributed by atoms with Crippen molar-refractivity contribution < 1.29 is 9.47 Å². The van der Waals surface area contributed by atoms with Crippen LogP contribution >= 0.6 is 0 Å². The maximum atomic E-state index is 5.45. The second-order valence-electron chi connectivity index (χ2n) is 7.07. The summed E-state index contributed by atoms with van der Waals surface area (Å²) < 4.78 is 10.9. The van der Waals surface area contributed by atoms with Crippen molar-refractivity contribution in [3.63, 3.8) is 0 Å². The Bertz CT molecular complexity index is 943. The molecule has 1 saturated heterocycles. The van der Waals surface area contributed by atoms with Gasteiger partial charge in [0.15, 0.2) is 0 Å². The number of anilines is 1. The normalized spacial score (nSPS) is 15.0. The van der Waals surface area contributed by atoms with Crippen molar-refractivity contribution in [2.75, 3.05) is 51.8 Å². The van der Waals surface area contributed by atoms with E-state index in [1.165, 1.54) is 10.8 Å². The lowest BCUT2D eigenvalue weighted by Gasteiger charge is -2.35. The number of hydrogen-bond acceptors (Lipinski definition) is 5. The number of rotatable bonds is 5. The molecule has 1 aliphatic rings. The number of hydrogen-bond donors (Lipinski definition) is 0. The average Bonchev–Trinajstić information content (AvgIpc) is 2.78. The SMILES string of the molecule is CCN1CCN(c2nc(-c3cc(OC)cc(OC)c3)cc3ccccc23)CC1. The molecule has 1 aliphatic heterocycles. The van der Waals surface area contributed by atoms with Crippen molar-refractivity contribution in [2.24, 2.45) is 0 Å². The molecule has 0 saturated carbocycles. The minimum atomic E-state index is 0.766. The second kappa shape index (κ2) is 8.07. The summed E-state index contributed by atoms with van der Waals surface area (Å²) in [5.41, 5.74) is 1.93. The third-order valence-electron chi connectivity index (χ3n) is 5.49. The monoisotopic (exact) mass is 377 g/mol. The number of piperazine rings is 1. The van der Waals surface area contributed by atoms with Crippen LogP contribution in [0, 0.1) is 0 Å². The van der Waals surface area contributed by atoms with E-state index in [9.17, 15) is 0 Å². The molecule has 0 spiro atoms. The molecule has 0 amide bonds. The van der Waals surface area contributed by atoms with Gasteiger partial charge in [0.25, 0.3) is 0 Å². The topological polar surface area (TPSA) is 37.8 Å². The van der Waals surface area contributed by atoms with Crippen molar-refractivity contribution in [2.45, 2.75) is 6.92 Å². The van der Waals surface area contributed by atoms with Crippen molar-refractivity contribution in [3.05, 3.63) is 48.5 Å². The highest BCUT2D eigenvalue weighted by atomic mass is 16.5. The Morgan fingerprint density at radius 2 is 1.57 bits per heavy atom. The lowest BCUT2D eigenvalue weighted by atomic mass is 10.1. The molecule has 3 aromatic rings. The van der Waals surface area contributed by atoms with Gasteiger partial charge in [0.2, 0.25) is 0 Å². The standard InChI is InChI=1S/C23H27N3O2/c1-4-25-9-11-26(12-10-25)23-21-8-6-5-7-17(21)15-22(24-23)18-13-19(27-2)16-20(14-18)28-3/h5-8,13-16H,4,9-12H2,1-3H3. The molecule has 1 aromatic heterocycles. The maximum Gasteiger partial charge on any atom is 0.137 e. The van der Waals surface area contributed by atoms with E-state index in [2.05, 4.69) is 47.1 Å². The van der Waals surface area contributed by atoms with Crippen LogP contribution < -0.4 is 14.4 Å². The zero-order chi connectivity index (χ0) is 19.5. The van der Waals surface area contributed by atoms with Crippen LogP contribution in [-0.4, -0.2) is 56.8 Å². The molecule has 4 rings (SSSR count). The fourth-order valence-electron chi connectivity index (χ4n) is 3.80. The van der Waals surface area contributed by atoms with Crippen molar-refractivity contribution in [1.29, 1.82) is 0 Å². The molecule has 1 fully saturated rings. The predicted octanol–water partition coefficient (Wildman–Crippen LogP) is 4.06. The number of nitrogens with zero attached hydrogens (tertiary/aromatic N) is 3. The van der Waals surface area contributed by atoms with Crippen LogP contribution in [0.5, 0.6) is 11.5 Å². The summed E-state index contributed by atoms with van der Waals surface area (Å²) in [5, 5.41) is 2.40. The first-order valence-electron chi connectivity index (χ1n) is 9.82. The quantitative estimate of drug-likeness (QED) is 0.670. The number of fused-ring (bicyclic) bond motifs is 1. The molecule has 5 heteroatoms. The van der Waals surface area contributed by atoms with E-state index in [-0.39, 0.29) is 0 Å². The summed E-state index contributed by atoms with van der Waals surface area (Å²) in [4.78, 5) is 9.99. The fraction of sp³-hybridized carbons (Fsp3) is 0.348. The highest BCUT2D eigenvalue weighted by molar-refractivity contribution is 5.95. The fourth-order valence-corrected chi connectivity index (χ4v) is 3.80. The van der Waals surface area contributed by atoms with E-state index in [4.69, 9.17) is 14.5 Å². The van der Waals surface area contributed by atoms with Crippen LogP contribution in [-0.2, 0) is 0 Å². The summed E-state index contributed by atoms with van der Waals surface area (Å²) in [6.07, 6.45) is 0. The second-order valence-corrected chi connectivity index (χ2v) is 7.07. The zero-order valence-corrected chi connectivity index (χ0v) is 16.8. The Hall–Kier alpha value is -2.79. The highest BCUT2D eigenvalue weighted by Crippen LogP contribution is 2.34. The van der Waals surface area contributed by atoms with Gasteiger partial charge in [0.1, 0.15) is 17.3 Å². The summed E-state index contributed by atoms with van der Waals surface area (Å²) in [6, 6.07) is 16.5. The lowest BCUT2D eigenvalue weighted by molar-refractivity contribution is 0.271. The highest BCUT2D eigenvalue weighted by Gasteiger charge is 2.20. The molecule has 0 unspecified atom stereocenters. The molecule has 0 bridgehead atoms. The van der Waals surface area contributed by atoms with Gasteiger partial charge in [-0.3, -0.25) is 0 Å². The number of methoxy groups -OCH3 is 2. The number of benzene rings is 2. The van der Waals surface area contributed by atoms with E-state index in [0.717, 1.165) is 61.3 Å². The molecule has 146 valence electrons. The van der Waals surface area contributed by atoms with Crippen LogP contribution in [0.3, 0.4) is 0 Å². The minimum Gasteiger partial charge on any atom is -0.497 e. The van der Waals surface area contributed by atoms with Crippen LogP contribution in [0.25, 0.3) is 22.0 Å². The molecule has 0 radical (unpaired) electrons. The number of pyridine rings is 1. The predicted molar refractivity (Wildman–Crippen MR) is 115 cm³/mol. The number of aromatic nitrogens is 1. The van der Waals surface area contributed by atoms with Gasteiger partial charge in [0.05, 0.1) is 19.9 Å². The van der Waals surface area contributed by atoms with Crippen molar-refractivity contribution >= 4 is 16.6 Å². The number of likely N-dealkylation sites (N-methyl/N-ethyl adjacent to an activating group) is 1. The van der Waals surface area contributed by atoms with Gasteiger partial charge in [-0.25, -0.2) is 4.98 Å². The minimum absolute atomic E-state index is 0.766. The van der Waals surface area contributed by atoms with Gasteiger partial charge in [-0.05, 0) is 30.1 Å². The molecule has 28 heavy (non-hydrogen) atoms. The maximum absolute atomic E-state index is 5.45. The Morgan fingerprint density at radius 1 is 0.893 bits per heavy atom. The lowest BCUT2D eigenvalue weighted by Crippen LogP contribution is -2.46. The van der Waals surface area contributed by atoms with E-state index < -0.39 is 0 Å². The third-order valence-corrected chi connectivity index (χ3v) is 5.49. The first-order valence-corrected chi connectivity index (χ1v) is 9.82. The third kappa shape index (κ3) is 3.62. The Morgan fingerprint density at radius 3 is 2.21 bits per heavy atom. The Kier molecular flexibility index (Phi) is 5.35. The summed E-state index contributed by atoms with van der Waals surface area (Å²) in [5.74, 6) is 2.59. The molecular weight excluding hydrogens is 350 g/mol. The molecule has 5 nitrogen and oxygen atoms in total. The molecule has 2 aromatic carbocycles. The van der Waals surface area contributed by atoms with Crippen LogP contribution in [0.2, 0.25) is 0 Å². The number of ether oxygens (including phenoxy) is 2. The van der Waals surface area contributed by atoms with Gasteiger partial charge in [0, 0.05) is 43.2 Å². The smallest absolute Gasteiger partial charge is 0.137 e. The first-order chi connectivity index (χ1) is 13.7. The van der Waals surface area contributed by atoms with Crippen LogP contribution in [0.15, 0.2) is 48.5 Å². The summed E-state index contributed by atoms with van der Waals surface area (Å²) in [7, 11) is 3.34. The van der Waals surface area contributed by atoms with Gasteiger partial charge in [-0.2, -0.15) is 0 Å². The van der Waals surface area contributed by atoms with Gasteiger partial charge in [-0.1, -0.05) is 31.2 Å². The van der Waals surface area contributed by atoms with E-state index in [0.29, 0.717) is 0 Å². The van der Waals surface area contributed by atoms with Crippen LogP contribution in [0.1, 0.15) is 6.92 Å². The largest absolute Gasteiger partial charge is 0.497 e. The zero-order valence-electron chi connectivity index (χ0n) is 16.8. The molecule has 0 aliphatic carbocycles. The van der Waals surface area contributed by atoms with E-state index in [1.54, 1.807) is 14.2 Å². The summed E-state index contributed by atoms with van der Waals surface area (Å²) in [6.45, 7) is 7.46.